The molecule has 3 nitrogen and oxygen atoms in total. The highest BCUT2D eigenvalue weighted by atomic mass is 16.3. The van der Waals surface area contributed by atoms with Crippen molar-refractivity contribution >= 4 is 0 Å². The van der Waals surface area contributed by atoms with Gasteiger partial charge in [-0.15, -0.1) is 5.73 Å². The summed E-state index contributed by atoms with van der Waals surface area (Å²) in [5, 5.41) is 29.3. The highest BCUT2D eigenvalue weighted by Gasteiger charge is 2.10. The molecule has 0 spiro atoms. The van der Waals surface area contributed by atoms with Gasteiger partial charge in [-0.05, 0) is 41.7 Å². The minimum Gasteiger partial charge on any atom is -0.508 e. The molecule has 0 aliphatic rings. The Bertz CT molecular complexity index is 499. The van der Waals surface area contributed by atoms with Crippen LogP contribution in [0.1, 0.15) is 51.7 Å². The molecule has 0 radical (unpaired) electrons. The van der Waals surface area contributed by atoms with Crippen molar-refractivity contribution < 1.29 is 15.3 Å². The Kier molecular flexibility index (Phi) is 7.24. The van der Waals surface area contributed by atoms with Gasteiger partial charge in [-0.2, -0.15) is 0 Å². The average Bonchev–Trinajstić information content (AvgIpc) is 2.45. The quantitative estimate of drug-likeness (QED) is 0.671. The molecule has 1 aromatic carbocycles. The van der Waals surface area contributed by atoms with Crippen LogP contribution < -0.4 is 0 Å². The Balaban J connectivity index is 2.67. The molecule has 21 heavy (non-hydrogen) atoms. The summed E-state index contributed by atoms with van der Waals surface area (Å²) in [7, 11) is 0. The van der Waals surface area contributed by atoms with Crippen molar-refractivity contribution in [3.8, 4) is 5.75 Å². The molecule has 116 valence electrons. The van der Waals surface area contributed by atoms with Gasteiger partial charge in [0.05, 0.1) is 12.2 Å². The molecule has 0 bridgehead atoms. The van der Waals surface area contributed by atoms with Crippen LogP contribution in [0.2, 0.25) is 0 Å². The summed E-state index contributed by atoms with van der Waals surface area (Å²) in [4.78, 5) is 0. The highest BCUT2D eigenvalue weighted by Crippen LogP contribution is 2.21. The predicted molar refractivity (Wildman–Crippen MR) is 85.0 cm³/mol. The number of phenolic OH excluding ortho intramolecular Hbond substituents is 1. The molecular weight excluding hydrogens is 264 g/mol. The minimum absolute atomic E-state index is 0.153. The van der Waals surface area contributed by atoms with Gasteiger partial charge in [0.2, 0.25) is 0 Å². The third-order valence-electron chi connectivity index (χ3n) is 3.55. The number of hydrogen-bond donors (Lipinski definition) is 3. The number of phenols is 1. The molecule has 1 aromatic rings. The molecule has 1 rings (SSSR count). The van der Waals surface area contributed by atoms with Crippen LogP contribution in [0.5, 0.6) is 5.75 Å². The Labute approximate surface area is 127 Å². The fraction of sp³-hybridized carbons (Fsp3) is 0.500. The van der Waals surface area contributed by atoms with Gasteiger partial charge >= 0.3 is 0 Å². The maximum atomic E-state index is 10.1. The van der Waals surface area contributed by atoms with Crippen molar-refractivity contribution in [3.63, 3.8) is 0 Å². The summed E-state index contributed by atoms with van der Waals surface area (Å²) < 4.78 is 0. The van der Waals surface area contributed by atoms with Crippen LogP contribution in [0, 0.1) is 5.92 Å². The van der Waals surface area contributed by atoms with Crippen molar-refractivity contribution in [2.45, 2.75) is 52.2 Å². The van der Waals surface area contributed by atoms with Crippen molar-refractivity contribution in [3.05, 3.63) is 47.2 Å². The monoisotopic (exact) mass is 290 g/mol. The standard InChI is InChI=1S/C18H26O3/c1-4-14(11-18(21)13(2)3)7-5-10-17(20)15-8-6-9-16(19)12-15/h5-6,8-9,12-13,17-21H,4,10-11H2,1-3H3/t7?,17-,18-/m1/s1. The normalized spacial score (nSPS) is 13.6. The van der Waals surface area contributed by atoms with E-state index in [2.05, 4.69) is 5.73 Å². The molecule has 0 aromatic heterocycles. The molecule has 0 aliphatic carbocycles. The van der Waals surface area contributed by atoms with E-state index in [1.54, 1.807) is 30.3 Å². The van der Waals surface area contributed by atoms with Gasteiger partial charge in [0.25, 0.3) is 0 Å². The number of aliphatic hydroxyl groups is 2. The molecule has 0 aliphatic heterocycles. The molecule has 2 atom stereocenters. The van der Waals surface area contributed by atoms with Gasteiger partial charge in [-0.25, -0.2) is 0 Å². The summed E-state index contributed by atoms with van der Waals surface area (Å²) in [5.74, 6) is 0.381. The largest absolute Gasteiger partial charge is 0.508 e. The Morgan fingerprint density at radius 3 is 2.57 bits per heavy atom. The van der Waals surface area contributed by atoms with E-state index in [4.69, 9.17) is 0 Å². The first-order valence-electron chi connectivity index (χ1n) is 7.52. The first-order valence-corrected chi connectivity index (χ1v) is 7.52. The minimum atomic E-state index is -0.655. The fourth-order valence-electron chi connectivity index (χ4n) is 1.98. The third kappa shape index (κ3) is 6.17. The average molecular weight is 290 g/mol. The van der Waals surface area contributed by atoms with Gasteiger partial charge < -0.3 is 15.3 Å². The highest BCUT2D eigenvalue weighted by molar-refractivity contribution is 5.28. The summed E-state index contributed by atoms with van der Waals surface area (Å²) >= 11 is 0. The number of hydrogen-bond acceptors (Lipinski definition) is 3. The Hall–Kier alpha value is -1.54. The van der Waals surface area contributed by atoms with Gasteiger partial charge in [0.1, 0.15) is 5.75 Å². The molecule has 0 saturated carbocycles. The number of aliphatic hydroxyl groups excluding tert-OH is 2. The lowest BCUT2D eigenvalue weighted by molar-refractivity contribution is 0.125. The third-order valence-corrected chi connectivity index (χ3v) is 3.55. The maximum Gasteiger partial charge on any atom is 0.115 e. The number of benzene rings is 1. The molecule has 0 amide bonds. The molecule has 3 heteroatoms. The zero-order valence-electron chi connectivity index (χ0n) is 13.1. The van der Waals surface area contributed by atoms with Crippen molar-refractivity contribution in [1.29, 1.82) is 0 Å². The summed E-state index contributed by atoms with van der Waals surface area (Å²) in [6.07, 6.45) is 2.69. The van der Waals surface area contributed by atoms with Crippen molar-refractivity contribution in [2.75, 3.05) is 0 Å². The predicted octanol–water partition coefficient (Wildman–Crippen LogP) is 3.71. The summed E-state index contributed by atoms with van der Waals surface area (Å²) in [6.45, 7) is 6.02. The van der Waals surface area contributed by atoms with Crippen LogP contribution in [0.3, 0.4) is 0 Å². The SMILES string of the molecule is CCC(=C=CC[C@@H](O)c1cccc(O)c1)C[C@@H](O)C(C)C. The van der Waals surface area contributed by atoms with Gasteiger partial charge in [-0.1, -0.05) is 32.9 Å². The molecule has 0 saturated heterocycles. The van der Waals surface area contributed by atoms with E-state index in [1.807, 2.05) is 20.8 Å². The van der Waals surface area contributed by atoms with E-state index < -0.39 is 6.10 Å². The van der Waals surface area contributed by atoms with Crippen LogP contribution in [-0.2, 0) is 0 Å². The maximum absolute atomic E-state index is 10.1. The zero-order valence-corrected chi connectivity index (χ0v) is 13.1. The first-order chi connectivity index (χ1) is 9.93. The second kappa shape index (κ2) is 8.68. The van der Waals surface area contributed by atoms with E-state index in [9.17, 15) is 15.3 Å². The van der Waals surface area contributed by atoms with E-state index in [0.717, 1.165) is 12.0 Å². The molecule has 0 fully saturated rings. The summed E-state index contributed by atoms with van der Waals surface area (Å²) in [5.41, 5.74) is 4.92. The van der Waals surface area contributed by atoms with E-state index in [-0.39, 0.29) is 17.8 Å². The van der Waals surface area contributed by atoms with Crippen LogP contribution in [-0.4, -0.2) is 21.4 Å². The van der Waals surface area contributed by atoms with Gasteiger partial charge in [0.15, 0.2) is 0 Å². The Morgan fingerprint density at radius 1 is 1.29 bits per heavy atom. The van der Waals surface area contributed by atoms with E-state index in [0.29, 0.717) is 18.4 Å². The fourth-order valence-corrected chi connectivity index (χ4v) is 1.98. The lowest BCUT2D eigenvalue weighted by atomic mass is 9.98. The van der Waals surface area contributed by atoms with Gasteiger partial charge in [0, 0.05) is 12.8 Å². The van der Waals surface area contributed by atoms with Crippen LogP contribution >= 0.6 is 0 Å². The van der Waals surface area contributed by atoms with Crippen LogP contribution in [0.4, 0.5) is 0 Å². The van der Waals surface area contributed by atoms with Crippen LogP contribution in [0.15, 0.2) is 41.6 Å². The topological polar surface area (TPSA) is 60.7 Å². The van der Waals surface area contributed by atoms with Crippen LogP contribution in [0.25, 0.3) is 0 Å². The number of rotatable bonds is 7. The van der Waals surface area contributed by atoms with Crippen molar-refractivity contribution in [2.24, 2.45) is 5.92 Å². The van der Waals surface area contributed by atoms with E-state index in [1.165, 1.54) is 0 Å². The summed E-state index contributed by atoms with van der Waals surface area (Å²) in [6, 6.07) is 6.63. The molecule has 3 N–H and O–H groups in total. The lowest BCUT2D eigenvalue weighted by Gasteiger charge is -2.14. The zero-order chi connectivity index (χ0) is 15.8. The first kappa shape index (κ1) is 17.5. The smallest absolute Gasteiger partial charge is 0.115 e. The molecule has 0 heterocycles. The molecule has 0 unspecified atom stereocenters. The second-order valence-corrected chi connectivity index (χ2v) is 5.67. The lowest BCUT2D eigenvalue weighted by Crippen LogP contribution is -2.14. The second-order valence-electron chi connectivity index (χ2n) is 5.67. The molecular formula is C18H26O3. The van der Waals surface area contributed by atoms with E-state index >= 15 is 0 Å². The van der Waals surface area contributed by atoms with Gasteiger partial charge in [-0.3, -0.25) is 0 Å². The van der Waals surface area contributed by atoms with Crippen molar-refractivity contribution in [1.82, 2.24) is 0 Å². The Morgan fingerprint density at radius 2 is 2.00 bits per heavy atom. The number of aromatic hydroxyl groups is 1.